The van der Waals surface area contributed by atoms with Crippen molar-refractivity contribution in [2.24, 2.45) is 0 Å². The van der Waals surface area contributed by atoms with E-state index in [1.807, 2.05) is 53.9 Å². The van der Waals surface area contributed by atoms with Gasteiger partial charge in [0.2, 0.25) is 5.91 Å². The number of nitrogens with zero attached hydrogens (tertiary/aromatic N) is 4. The third-order valence-corrected chi connectivity index (χ3v) is 8.87. The molecule has 38 heavy (non-hydrogen) atoms. The van der Waals surface area contributed by atoms with Crippen molar-refractivity contribution in [3.05, 3.63) is 109 Å². The smallest absolute Gasteiger partial charge is 0.267 e. The molecule has 190 valence electrons. The highest BCUT2D eigenvalue weighted by atomic mass is 79.9. The maximum absolute atomic E-state index is 13.8. The lowest BCUT2D eigenvalue weighted by atomic mass is 10.2. The van der Waals surface area contributed by atoms with Crippen LogP contribution in [0.25, 0.3) is 27.3 Å². The SMILES string of the molecule is O=C1CSC(c2ccccc2)N1NCc1nc2ccc(Br)cc2c(=O)n1-c1nc(-c2ccc(Cl)cc2)cs1. The van der Waals surface area contributed by atoms with Crippen LogP contribution in [0.2, 0.25) is 5.02 Å². The Morgan fingerprint density at radius 1 is 1.03 bits per heavy atom. The molecule has 1 aliphatic rings. The molecule has 3 aromatic carbocycles. The molecule has 5 aromatic rings. The van der Waals surface area contributed by atoms with Crippen molar-refractivity contribution in [3.63, 3.8) is 0 Å². The number of benzene rings is 3. The number of carbonyl (C=O) groups excluding carboxylic acids is 1. The van der Waals surface area contributed by atoms with E-state index in [-0.39, 0.29) is 23.4 Å². The topological polar surface area (TPSA) is 80.1 Å². The summed E-state index contributed by atoms with van der Waals surface area (Å²) in [5, 5.41) is 4.97. The average molecular weight is 625 g/mol. The lowest BCUT2D eigenvalue weighted by molar-refractivity contribution is -0.131. The maximum Gasteiger partial charge on any atom is 0.267 e. The second-order valence-electron chi connectivity index (χ2n) is 8.52. The van der Waals surface area contributed by atoms with Crippen molar-refractivity contribution in [3.8, 4) is 16.4 Å². The summed E-state index contributed by atoms with van der Waals surface area (Å²) < 4.78 is 2.31. The molecule has 6 rings (SSSR count). The van der Waals surface area contributed by atoms with Gasteiger partial charge in [-0.3, -0.25) is 14.6 Å². The Morgan fingerprint density at radius 3 is 2.61 bits per heavy atom. The van der Waals surface area contributed by atoms with E-state index in [4.69, 9.17) is 21.6 Å². The molecule has 1 fully saturated rings. The molecule has 2 aromatic heterocycles. The van der Waals surface area contributed by atoms with Crippen molar-refractivity contribution in [1.82, 2.24) is 25.0 Å². The van der Waals surface area contributed by atoms with Crippen LogP contribution in [-0.2, 0) is 11.3 Å². The molecule has 1 N–H and O–H groups in total. The van der Waals surface area contributed by atoms with Crippen LogP contribution in [0.15, 0.2) is 87.4 Å². The predicted molar refractivity (Wildman–Crippen MR) is 156 cm³/mol. The molecule has 0 aliphatic carbocycles. The quantitative estimate of drug-likeness (QED) is 0.242. The average Bonchev–Trinajstić information content (AvgIpc) is 3.56. The molecule has 1 atom stereocenters. The molecule has 1 amide bonds. The van der Waals surface area contributed by atoms with Gasteiger partial charge in [0, 0.05) is 20.4 Å². The third-order valence-electron chi connectivity index (χ3n) is 6.08. The third kappa shape index (κ3) is 4.90. The van der Waals surface area contributed by atoms with Gasteiger partial charge in [0.25, 0.3) is 5.56 Å². The van der Waals surface area contributed by atoms with Gasteiger partial charge in [0.05, 0.1) is 28.9 Å². The minimum absolute atomic E-state index is 0.0262. The molecule has 0 bridgehead atoms. The Bertz CT molecular complexity index is 1710. The number of hydrazine groups is 1. The minimum Gasteiger partial charge on any atom is -0.272 e. The largest absolute Gasteiger partial charge is 0.272 e. The Kier molecular flexibility index (Phi) is 7.07. The summed E-state index contributed by atoms with van der Waals surface area (Å²) in [6.07, 6.45) is 0. The highest BCUT2D eigenvalue weighted by molar-refractivity contribution is 9.10. The van der Waals surface area contributed by atoms with Crippen molar-refractivity contribution in [2.75, 3.05) is 5.75 Å². The molecule has 3 heterocycles. The minimum atomic E-state index is -0.230. The fraction of sp³-hybridized carbons (Fsp3) is 0.111. The summed E-state index contributed by atoms with van der Waals surface area (Å²) >= 11 is 12.4. The summed E-state index contributed by atoms with van der Waals surface area (Å²) in [6.45, 7) is 0.159. The molecule has 11 heteroatoms. The first-order valence-electron chi connectivity index (χ1n) is 11.6. The zero-order valence-electron chi connectivity index (χ0n) is 19.7. The number of rotatable bonds is 6. The van der Waals surface area contributed by atoms with E-state index in [2.05, 4.69) is 21.4 Å². The molecule has 1 unspecified atom stereocenters. The Morgan fingerprint density at radius 2 is 1.82 bits per heavy atom. The van der Waals surface area contributed by atoms with Gasteiger partial charge in [-0.05, 0) is 35.9 Å². The number of hydrogen-bond donors (Lipinski definition) is 1. The number of aromatic nitrogens is 3. The number of thiazole rings is 1. The molecule has 0 radical (unpaired) electrons. The van der Waals surface area contributed by atoms with Gasteiger partial charge >= 0.3 is 0 Å². The van der Waals surface area contributed by atoms with Gasteiger partial charge < -0.3 is 0 Å². The van der Waals surface area contributed by atoms with Crippen LogP contribution in [0.5, 0.6) is 0 Å². The van der Waals surface area contributed by atoms with Gasteiger partial charge in [0.15, 0.2) is 5.13 Å². The van der Waals surface area contributed by atoms with E-state index >= 15 is 0 Å². The second-order valence-corrected chi connectivity index (χ2v) is 11.8. The zero-order chi connectivity index (χ0) is 26.2. The normalized spacial score (nSPS) is 15.5. The van der Waals surface area contributed by atoms with Crippen molar-refractivity contribution in [1.29, 1.82) is 0 Å². The molecule has 0 saturated carbocycles. The van der Waals surface area contributed by atoms with Crippen LogP contribution in [0.1, 0.15) is 16.8 Å². The van der Waals surface area contributed by atoms with Crippen LogP contribution < -0.4 is 11.0 Å². The first-order chi connectivity index (χ1) is 18.5. The number of nitrogens with one attached hydrogen (secondary N) is 1. The van der Waals surface area contributed by atoms with E-state index < -0.39 is 0 Å². The summed E-state index contributed by atoms with van der Waals surface area (Å²) in [5.41, 5.74) is 6.24. The monoisotopic (exact) mass is 623 g/mol. The van der Waals surface area contributed by atoms with Gasteiger partial charge in [-0.25, -0.2) is 20.0 Å². The number of hydrogen-bond acceptors (Lipinski definition) is 7. The van der Waals surface area contributed by atoms with Gasteiger partial charge in [-0.15, -0.1) is 23.1 Å². The number of halogens is 2. The Labute approximate surface area is 239 Å². The molecule has 1 aliphatic heterocycles. The predicted octanol–water partition coefficient (Wildman–Crippen LogP) is 6.20. The summed E-state index contributed by atoms with van der Waals surface area (Å²) in [4.78, 5) is 36.1. The number of fused-ring (bicyclic) bond motifs is 1. The lowest BCUT2D eigenvalue weighted by Crippen LogP contribution is -2.41. The molecule has 1 saturated heterocycles. The summed E-state index contributed by atoms with van der Waals surface area (Å²) in [7, 11) is 0. The number of amides is 1. The van der Waals surface area contributed by atoms with E-state index in [1.165, 1.54) is 15.9 Å². The van der Waals surface area contributed by atoms with Crippen molar-refractivity contribution >= 4 is 67.4 Å². The first-order valence-corrected chi connectivity index (χ1v) is 14.7. The first kappa shape index (κ1) is 25.3. The van der Waals surface area contributed by atoms with Crippen LogP contribution in [-0.4, -0.2) is 31.2 Å². The second kappa shape index (κ2) is 10.6. The fourth-order valence-corrected chi connectivity index (χ4v) is 6.72. The Hall–Kier alpha value is -3.02. The van der Waals surface area contributed by atoms with Crippen molar-refractivity contribution in [2.45, 2.75) is 11.9 Å². The van der Waals surface area contributed by atoms with E-state index in [0.717, 1.165) is 21.3 Å². The molecular formula is C27H19BrClN5O2S2. The van der Waals surface area contributed by atoms with Gasteiger partial charge in [-0.2, -0.15) is 0 Å². The van der Waals surface area contributed by atoms with Crippen LogP contribution >= 0.6 is 50.6 Å². The molecule has 0 spiro atoms. The van der Waals surface area contributed by atoms with Crippen LogP contribution in [0.4, 0.5) is 0 Å². The fourth-order valence-electron chi connectivity index (χ4n) is 4.25. The van der Waals surface area contributed by atoms with E-state index in [0.29, 0.717) is 32.6 Å². The van der Waals surface area contributed by atoms with Gasteiger partial charge in [-0.1, -0.05) is 70.0 Å². The van der Waals surface area contributed by atoms with Crippen molar-refractivity contribution < 1.29 is 4.79 Å². The summed E-state index contributed by atoms with van der Waals surface area (Å²) in [6, 6.07) is 22.7. The van der Waals surface area contributed by atoms with Crippen LogP contribution in [0.3, 0.4) is 0 Å². The van der Waals surface area contributed by atoms with E-state index in [9.17, 15) is 9.59 Å². The van der Waals surface area contributed by atoms with E-state index in [1.54, 1.807) is 41.0 Å². The molecular weight excluding hydrogens is 606 g/mol. The summed E-state index contributed by atoms with van der Waals surface area (Å²) in [5.74, 6) is 0.801. The highest BCUT2D eigenvalue weighted by Crippen LogP contribution is 2.37. The Balaban J connectivity index is 1.40. The van der Waals surface area contributed by atoms with Crippen LogP contribution in [0, 0.1) is 0 Å². The lowest BCUT2D eigenvalue weighted by Gasteiger charge is -2.25. The standard InChI is InChI=1S/C27H19BrClN5O2S2/c28-18-8-11-21-20(12-18)25(36)33(27-32-22(14-38-27)16-6-9-19(29)10-7-16)23(31-21)13-30-34-24(35)15-37-26(34)17-4-2-1-3-5-17/h1-12,14,26,30H,13,15H2. The zero-order valence-corrected chi connectivity index (χ0v) is 23.6. The van der Waals surface area contributed by atoms with Gasteiger partial charge in [0.1, 0.15) is 11.2 Å². The number of carbonyl (C=O) groups is 1. The highest BCUT2D eigenvalue weighted by Gasteiger charge is 2.33. The molecule has 7 nitrogen and oxygen atoms in total. The number of thioether (sulfide) groups is 1. The maximum atomic E-state index is 13.8.